The Labute approximate surface area is 203 Å². The summed E-state index contributed by atoms with van der Waals surface area (Å²) < 4.78 is 11.5. The van der Waals surface area contributed by atoms with Gasteiger partial charge in [0.15, 0.2) is 0 Å². The molecule has 1 heterocycles. The second kappa shape index (κ2) is 12.7. The van der Waals surface area contributed by atoms with Gasteiger partial charge in [-0.1, -0.05) is 55.2 Å². The van der Waals surface area contributed by atoms with E-state index in [0.29, 0.717) is 6.61 Å². The van der Waals surface area contributed by atoms with Gasteiger partial charge in [-0.15, -0.1) is 11.8 Å². The fourth-order valence-corrected chi connectivity index (χ4v) is 4.36. The lowest BCUT2D eigenvalue weighted by molar-refractivity contribution is 0.0742. The lowest BCUT2D eigenvalue weighted by atomic mass is 10.0. The van der Waals surface area contributed by atoms with Crippen molar-refractivity contribution in [2.24, 2.45) is 0 Å². The van der Waals surface area contributed by atoms with Crippen molar-refractivity contribution in [2.75, 3.05) is 26.0 Å². The third-order valence-corrected chi connectivity index (χ3v) is 6.51. The van der Waals surface area contributed by atoms with E-state index in [1.165, 1.54) is 28.0 Å². The number of allylic oxidation sites excluding steroid dienone is 2. The molecule has 3 nitrogen and oxygen atoms in total. The van der Waals surface area contributed by atoms with Crippen LogP contribution in [0.1, 0.15) is 43.9 Å². The van der Waals surface area contributed by atoms with E-state index in [0.717, 1.165) is 31.8 Å². The zero-order chi connectivity index (χ0) is 23.5. The average molecular weight is 462 g/mol. The Morgan fingerprint density at radius 2 is 1.94 bits per heavy atom. The Morgan fingerprint density at radius 3 is 2.70 bits per heavy atom. The molecule has 174 valence electrons. The molecule has 0 bridgehead atoms. The molecule has 0 aliphatic carbocycles. The number of nitrogens with zero attached hydrogens (tertiary/aromatic N) is 1. The van der Waals surface area contributed by atoms with Crippen LogP contribution in [0.5, 0.6) is 5.75 Å². The second-order valence-corrected chi connectivity index (χ2v) is 9.59. The molecular formula is C29H35NO2S. The molecule has 2 aromatic carbocycles. The van der Waals surface area contributed by atoms with Crippen molar-refractivity contribution in [1.82, 2.24) is 4.90 Å². The number of methoxy groups -OCH3 is 1. The van der Waals surface area contributed by atoms with Crippen LogP contribution in [0.25, 0.3) is 5.57 Å². The van der Waals surface area contributed by atoms with Gasteiger partial charge in [0.2, 0.25) is 0 Å². The van der Waals surface area contributed by atoms with E-state index in [1.807, 2.05) is 37.8 Å². The fraction of sp³-hybridized carbons (Fsp3) is 0.379. The number of benzene rings is 2. The number of thioether (sulfide) groups is 1. The van der Waals surface area contributed by atoms with Crippen molar-refractivity contribution in [3.63, 3.8) is 0 Å². The second-order valence-electron chi connectivity index (χ2n) is 8.61. The Hall–Kier alpha value is -2.45. The summed E-state index contributed by atoms with van der Waals surface area (Å²) in [7, 11) is 1.68. The minimum Gasteiger partial charge on any atom is -0.489 e. The molecule has 0 unspecified atom stereocenters. The highest BCUT2D eigenvalue weighted by Crippen LogP contribution is 2.30. The summed E-state index contributed by atoms with van der Waals surface area (Å²) in [6, 6.07) is 17.1. The first-order chi connectivity index (χ1) is 16.0. The minimum atomic E-state index is -0.413. The number of hydrogen-bond donors (Lipinski definition) is 0. The summed E-state index contributed by atoms with van der Waals surface area (Å²) in [6.45, 7) is 9.37. The molecule has 0 radical (unpaired) electrons. The summed E-state index contributed by atoms with van der Waals surface area (Å²) in [4.78, 5) is 2.37. The van der Waals surface area contributed by atoms with Crippen molar-refractivity contribution in [2.45, 2.75) is 45.9 Å². The normalized spacial score (nSPS) is 13.8. The van der Waals surface area contributed by atoms with Crippen LogP contribution in [0, 0.1) is 11.8 Å². The smallest absolute Gasteiger partial charge is 0.123 e. The molecular weight excluding hydrogens is 426 g/mol. The first-order valence-electron chi connectivity index (χ1n) is 11.6. The van der Waals surface area contributed by atoms with Crippen LogP contribution in [0.3, 0.4) is 0 Å². The van der Waals surface area contributed by atoms with E-state index in [1.54, 1.807) is 7.11 Å². The average Bonchev–Trinajstić information content (AvgIpc) is 3.37. The molecule has 0 N–H and O–H groups in total. The number of likely N-dealkylation sites (N-methyl/N-ethyl adjacent to an activating group) is 1. The van der Waals surface area contributed by atoms with Crippen LogP contribution in [-0.4, -0.2) is 36.5 Å². The predicted octanol–water partition coefficient (Wildman–Crippen LogP) is 6.55. The highest BCUT2D eigenvalue weighted by molar-refractivity contribution is 8.02. The zero-order valence-electron chi connectivity index (χ0n) is 20.3. The van der Waals surface area contributed by atoms with E-state index in [2.05, 4.69) is 77.6 Å². The van der Waals surface area contributed by atoms with Crippen molar-refractivity contribution < 1.29 is 9.47 Å². The lowest BCUT2D eigenvalue weighted by Gasteiger charge is -2.19. The van der Waals surface area contributed by atoms with Gasteiger partial charge in [-0.3, -0.25) is 4.90 Å². The standard InChI is InChI=1S/C29H35NO2S/c1-5-30(17-8-6-7-16-29(2,3)31-4)21-24-11-10-14-28(20-24)32-22-25-12-9-13-26(19-25)27-15-18-33-23-27/h6,8-14,19-20,23H,5,15,17-18,21-22H2,1-4H3/b8-6+. The molecule has 0 spiro atoms. The summed E-state index contributed by atoms with van der Waals surface area (Å²) >= 11 is 1.90. The summed E-state index contributed by atoms with van der Waals surface area (Å²) in [5, 5.41) is 2.28. The van der Waals surface area contributed by atoms with Crippen LogP contribution in [0.15, 0.2) is 66.1 Å². The van der Waals surface area contributed by atoms with Gasteiger partial charge < -0.3 is 9.47 Å². The Kier molecular flexibility index (Phi) is 9.69. The molecule has 0 atom stereocenters. The maximum atomic E-state index is 6.13. The first-order valence-corrected chi connectivity index (χ1v) is 12.6. The van der Waals surface area contributed by atoms with Crippen LogP contribution < -0.4 is 4.74 Å². The molecule has 0 saturated heterocycles. The summed E-state index contributed by atoms with van der Waals surface area (Å²) in [6.07, 6.45) is 5.17. The van der Waals surface area contributed by atoms with Gasteiger partial charge in [-0.25, -0.2) is 0 Å². The first kappa shape index (κ1) is 25.2. The van der Waals surface area contributed by atoms with Gasteiger partial charge in [0.1, 0.15) is 18.0 Å². The van der Waals surface area contributed by atoms with Crippen molar-refractivity contribution in [3.8, 4) is 17.6 Å². The quantitative estimate of drug-likeness (QED) is 0.374. The summed E-state index contributed by atoms with van der Waals surface area (Å²) in [5.41, 5.74) is 4.79. The highest BCUT2D eigenvalue weighted by atomic mass is 32.2. The van der Waals surface area contributed by atoms with Crippen molar-refractivity contribution >= 4 is 17.3 Å². The van der Waals surface area contributed by atoms with Gasteiger partial charge in [0.25, 0.3) is 0 Å². The fourth-order valence-electron chi connectivity index (χ4n) is 3.45. The topological polar surface area (TPSA) is 21.7 Å². The molecule has 0 amide bonds. The number of hydrogen-bond acceptors (Lipinski definition) is 4. The summed E-state index contributed by atoms with van der Waals surface area (Å²) in [5.74, 6) is 8.28. The maximum Gasteiger partial charge on any atom is 0.123 e. The molecule has 1 aliphatic rings. The molecule has 33 heavy (non-hydrogen) atoms. The third-order valence-electron chi connectivity index (χ3n) is 5.62. The van der Waals surface area contributed by atoms with Crippen molar-refractivity contribution in [1.29, 1.82) is 0 Å². The lowest BCUT2D eigenvalue weighted by Crippen LogP contribution is -2.22. The predicted molar refractivity (Wildman–Crippen MR) is 141 cm³/mol. The van der Waals surface area contributed by atoms with Crippen LogP contribution in [0.4, 0.5) is 0 Å². The van der Waals surface area contributed by atoms with Crippen LogP contribution >= 0.6 is 11.8 Å². The van der Waals surface area contributed by atoms with Gasteiger partial charge in [0.05, 0.1) is 0 Å². The van der Waals surface area contributed by atoms with Crippen molar-refractivity contribution in [3.05, 3.63) is 82.8 Å². The maximum absolute atomic E-state index is 6.13. The molecule has 1 aliphatic heterocycles. The molecule has 3 rings (SSSR count). The van der Waals surface area contributed by atoms with Gasteiger partial charge in [-0.05, 0) is 78.8 Å². The molecule has 2 aromatic rings. The minimum absolute atomic E-state index is 0.413. The van der Waals surface area contributed by atoms with E-state index in [9.17, 15) is 0 Å². The van der Waals surface area contributed by atoms with E-state index in [-0.39, 0.29) is 0 Å². The number of ether oxygens (including phenoxy) is 2. The molecule has 0 aromatic heterocycles. The van der Waals surface area contributed by atoms with Crippen LogP contribution in [0.2, 0.25) is 0 Å². The molecule has 0 saturated carbocycles. The van der Waals surface area contributed by atoms with Gasteiger partial charge in [-0.2, -0.15) is 0 Å². The van der Waals surface area contributed by atoms with Gasteiger partial charge >= 0.3 is 0 Å². The van der Waals surface area contributed by atoms with Crippen LogP contribution in [-0.2, 0) is 17.9 Å². The number of rotatable bonds is 10. The Balaban J connectivity index is 1.54. The Bertz CT molecular complexity index is 1030. The molecule has 4 heteroatoms. The third kappa shape index (κ3) is 8.44. The zero-order valence-corrected chi connectivity index (χ0v) is 21.1. The SMILES string of the molecule is CCN(C/C=C/C#CC(C)(C)OC)Cc1cccc(OCc2cccc(C3=CSCC3)c2)c1. The van der Waals surface area contributed by atoms with E-state index >= 15 is 0 Å². The Morgan fingerprint density at radius 1 is 1.12 bits per heavy atom. The van der Waals surface area contributed by atoms with E-state index in [4.69, 9.17) is 9.47 Å². The largest absolute Gasteiger partial charge is 0.489 e. The highest BCUT2D eigenvalue weighted by Gasteiger charge is 2.10. The van der Waals surface area contributed by atoms with Gasteiger partial charge in [0, 0.05) is 26.0 Å². The molecule has 0 fully saturated rings. The monoisotopic (exact) mass is 461 g/mol. The van der Waals surface area contributed by atoms with E-state index < -0.39 is 5.60 Å².